The van der Waals surface area contributed by atoms with Crippen molar-refractivity contribution in [2.45, 2.75) is 6.42 Å². The largest absolute Gasteiger partial charge is 0.506 e. The molecule has 1 aromatic heterocycles. The number of furan rings is 1. The van der Waals surface area contributed by atoms with Gasteiger partial charge in [0.2, 0.25) is 0 Å². The Balaban J connectivity index is 2.73. The van der Waals surface area contributed by atoms with E-state index in [1.165, 1.54) is 0 Å². The van der Waals surface area contributed by atoms with Crippen molar-refractivity contribution >= 4 is 33.2 Å². The lowest BCUT2D eigenvalue weighted by molar-refractivity contribution is -0.107. The van der Waals surface area contributed by atoms with Crippen LogP contribution in [0.15, 0.2) is 27.3 Å². The van der Waals surface area contributed by atoms with Crippen LogP contribution in [-0.2, 0) is 11.2 Å². The third kappa shape index (κ3) is 1.32. The van der Waals surface area contributed by atoms with Crippen LogP contribution in [0.3, 0.4) is 0 Å². The first-order chi connectivity index (χ1) is 6.74. The maximum Gasteiger partial charge on any atom is 0.135 e. The summed E-state index contributed by atoms with van der Waals surface area (Å²) < 4.78 is 5.75. The Hall–Kier alpha value is -1.29. The van der Waals surface area contributed by atoms with Crippen LogP contribution in [0.2, 0.25) is 0 Å². The summed E-state index contributed by atoms with van der Waals surface area (Å²) in [6.07, 6.45) is 2.47. The molecule has 0 atom stereocenters. The topological polar surface area (TPSA) is 50.4 Å². The van der Waals surface area contributed by atoms with Gasteiger partial charge in [-0.1, -0.05) is 0 Å². The van der Waals surface area contributed by atoms with Crippen LogP contribution in [0, 0.1) is 0 Å². The molecule has 0 bridgehead atoms. The van der Waals surface area contributed by atoms with E-state index in [0.717, 1.165) is 11.7 Å². The molecule has 72 valence electrons. The highest BCUT2D eigenvalue weighted by molar-refractivity contribution is 9.10. The second kappa shape index (κ2) is 3.46. The molecule has 0 spiro atoms. The lowest BCUT2D eigenvalue weighted by Crippen LogP contribution is -1.87. The zero-order chi connectivity index (χ0) is 10.1. The summed E-state index contributed by atoms with van der Waals surface area (Å²) in [7, 11) is 0. The van der Waals surface area contributed by atoms with Crippen LogP contribution in [0.1, 0.15) is 5.56 Å². The quantitative estimate of drug-likeness (QED) is 0.839. The predicted octanol–water partition coefficient (Wildman–Crippen LogP) is 2.64. The van der Waals surface area contributed by atoms with Crippen LogP contribution in [0.25, 0.3) is 11.0 Å². The van der Waals surface area contributed by atoms with Crippen LogP contribution >= 0.6 is 15.9 Å². The van der Waals surface area contributed by atoms with Crippen molar-refractivity contribution in [1.82, 2.24) is 0 Å². The monoisotopic (exact) mass is 254 g/mol. The van der Waals surface area contributed by atoms with Crippen LogP contribution in [0.4, 0.5) is 0 Å². The normalized spacial score (nSPS) is 10.6. The highest BCUT2D eigenvalue weighted by Crippen LogP contribution is 2.36. The molecule has 0 saturated heterocycles. The van der Waals surface area contributed by atoms with Crippen molar-refractivity contribution in [1.29, 1.82) is 0 Å². The summed E-state index contributed by atoms with van der Waals surface area (Å²) >= 11 is 3.25. The number of hydrogen-bond acceptors (Lipinski definition) is 3. The maximum atomic E-state index is 10.4. The Kier molecular flexibility index (Phi) is 2.29. The van der Waals surface area contributed by atoms with Crippen molar-refractivity contribution in [2.75, 3.05) is 0 Å². The fraction of sp³-hybridized carbons (Fsp3) is 0.100. The Morgan fingerprint density at radius 3 is 3.07 bits per heavy atom. The minimum absolute atomic E-state index is 0.103. The van der Waals surface area contributed by atoms with E-state index in [-0.39, 0.29) is 12.2 Å². The standard InChI is InChI=1S/C10H7BrO3/c11-9-7-2-4-14-8(7)5-6(1-3-12)10(9)13/h2-5,13H,1H2. The van der Waals surface area contributed by atoms with Crippen molar-refractivity contribution in [2.24, 2.45) is 0 Å². The van der Waals surface area contributed by atoms with E-state index in [4.69, 9.17) is 4.42 Å². The van der Waals surface area contributed by atoms with Gasteiger partial charge in [-0.25, -0.2) is 0 Å². The number of aromatic hydroxyl groups is 1. The van der Waals surface area contributed by atoms with Crippen molar-refractivity contribution in [3.8, 4) is 5.75 Å². The van der Waals surface area contributed by atoms with Gasteiger partial charge in [-0.3, -0.25) is 0 Å². The van der Waals surface area contributed by atoms with E-state index in [9.17, 15) is 9.90 Å². The second-order valence-corrected chi connectivity index (χ2v) is 3.69. The number of rotatable bonds is 2. The average Bonchev–Trinajstić information content (AvgIpc) is 2.62. The molecular formula is C10H7BrO3. The molecule has 4 heteroatoms. The summed E-state index contributed by atoms with van der Waals surface area (Å²) in [5.41, 5.74) is 1.22. The second-order valence-electron chi connectivity index (χ2n) is 2.90. The summed E-state index contributed by atoms with van der Waals surface area (Å²) in [6, 6.07) is 3.42. The average molecular weight is 255 g/mol. The van der Waals surface area contributed by atoms with Crippen LogP contribution in [0.5, 0.6) is 5.75 Å². The molecule has 1 aromatic carbocycles. The summed E-state index contributed by atoms with van der Waals surface area (Å²) in [4.78, 5) is 10.4. The third-order valence-corrected chi connectivity index (χ3v) is 2.86. The van der Waals surface area contributed by atoms with Crippen molar-refractivity contribution in [3.05, 3.63) is 28.4 Å². The SMILES string of the molecule is O=CCc1cc2occc2c(Br)c1O. The smallest absolute Gasteiger partial charge is 0.135 e. The first-order valence-corrected chi connectivity index (χ1v) is 4.84. The molecule has 1 N–H and O–H groups in total. The Morgan fingerprint density at radius 2 is 2.36 bits per heavy atom. The molecule has 0 radical (unpaired) electrons. The number of benzene rings is 1. The van der Waals surface area contributed by atoms with Crippen LogP contribution in [-0.4, -0.2) is 11.4 Å². The van der Waals surface area contributed by atoms with Gasteiger partial charge in [-0.15, -0.1) is 0 Å². The predicted molar refractivity (Wildman–Crippen MR) is 55.3 cm³/mol. The number of halogens is 1. The van der Waals surface area contributed by atoms with E-state index in [1.807, 2.05) is 0 Å². The minimum Gasteiger partial charge on any atom is -0.506 e. The fourth-order valence-corrected chi connectivity index (χ4v) is 1.94. The number of hydrogen-bond donors (Lipinski definition) is 1. The Morgan fingerprint density at radius 1 is 1.57 bits per heavy atom. The maximum absolute atomic E-state index is 10.4. The number of carbonyl (C=O) groups is 1. The molecule has 0 amide bonds. The molecule has 2 rings (SSSR count). The van der Waals surface area contributed by atoms with Gasteiger partial charge in [0.1, 0.15) is 17.6 Å². The van der Waals surface area contributed by atoms with Crippen molar-refractivity contribution < 1.29 is 14.3 Å². The molecule has 1 heterocycles. The first-order valence-electron chi connectivity index (χ1n) is 4.05. The number of fused-ring (bicyclic) bond motifs is 1. The lowest BCUT2D eigenvalue weighted by atomic mass is 10.1. The molecular weight excluding hydrogens is 248 g/mol. The summed E-state index contributed by atoms with van der Waals surface area (Å²) in [6.45, 7) is 0. The number of phenolic OH excluding ortho intramolecular Hbond substituents is 1. The number of carbonyl (C=O) groups excluding carboxylic acids is 1. The number of aldehydes is 1. The molecule has 0 fully saturated rings. The lowest BCUT2D eigenvalue weighted by Gasteiger charge is -2.03. The molecule has 14 heavy (non-hydrogen) atoms. The molecule has 0 saturated carbocycles. The third-order valence-electron chi connectivity index (χ3n) is 2.05. The van der Waals surface area contributed by atoms with Gasteiger partial charge in [0, 0.05) is 17.4 Å². The van der Waals surface area contributed by atoms with E-state index < -0.39 is 0 Å². The molecule has 0 unspecified atom stereocenters. The minimum atomic E-state index is 0.103. The van der Waals surface area contributed by atoms with Crippen molar-refractivity contribution in [3.63, 3.8) is 0 Å². The number of phenols is 1. The van der Waals surface area contributed by atoms with E-state index >= 15 is 0 Å². The van der Waals surface area contributed by atoms with Gasteiger partial charge in [-0.2, -0.15) is 0 Å². The highest BCUT2D eigenvalue weighted by atomic mass is 79.9. The van der Waals surface area contributed by atoms with Gasteiger partial charge < -0.3 is 14.3 Å². The Bertz CT molecular complexity index is 487. The molecule has 2 aromatic rings. The molecule has 3 nitrogen and oxygen atoms in total. The van der Waals surface area contributed by atoms with E-state index in [0.29, 0.717) is 15.6 Å². The molecule has 0 aliphatic heterocycles. The van der Waals surface area contributed by atoms with Gasteiger partial charge in [0.25, 0.3) is 0 Å². The first kappa shape index (κ1) is 9.27. The zero-order valence-corrected chi connectivity index (χ0v) is 8.74. The fourth-order valence-electron chi connectivity index (χ4n) is 1.35. The zero-order valence-electron chi connectivity index (χ0n) is 7.16. The molecule has 0 aliphatic carbocycles. The van der Waals surface area contributed by atoms with Gasteiger partial charge in [-0.05, 0) is 28.1 Å². The highest BCUT2D eigenvalue weighted by Gasteiger charge is 2.11. The van der Waals surface area contributed by atoms with Gasteiger partial charge in [0.05, 0.1) is 10.7 Å². The summed E-state index contributed by atoms with van der Waals surface area (Å²) in [5, 5.41) is 10.5. The Labute approximate surface area is 88.5 Å². The molecule has 0 aliphatic rings. The van der Waals surface area contributed by atoms with Gasteiger partial charge in [0.15, 0.2) is 0 Å². The van der Waals surface area contributed by atoms with E-state index in [2.05, 4.69) is 15.9 Å². The van der Waals surface area contributed by atoms with E-state index in [1.54, 1.807) is 18.4 Å². The van der Waals surface area contributed by atoms with Crippen LogP contribution < -0.4 is 0 Å². The van der Waals surface area contributed by atoms with Gasteiger partial charge >= 0.3 is 0 Å². The summed E-state index contributed by atoms with van der Waals surface area (Å²) in [5.74, 6) is 0.103.